The van der Waals surface area contributed by atoms with Crippen molar-refractivity contribution in [2.75, 3.05) is 7.11 Å². The maximum absolute atomic E-state index is 13.1. The monoisotopic (exact) mass is 413 g/mol. The fraction of sp³-hybridized carbons (Fsp3) is 0.619. The number of hydrogen-bond donors (Lipinski definition) is 0. The van der Waals surface area contributed by atoms with Crippen molar-refractivity contribution in [1.29, 1.82) is 0 Å². The lowest BCUT2D eigenvalue weighted by Gasteiger charge is -2.39. The van der Waals surface area contributed by atoms with Crippen LogP contribution < -0.4 is 4.74 Å². The molecule has 0 saturated carbocycles. The van der Waals surface area contributed by atoms with Crippen molar-refractivity contribution in [3.63, 3.8) is 0 Å². The van der Waals surface area contributed by atoms with Crippen molar-refractivity contribution in [1.82, 2.24) is 4.90 Å². The van der Waals surface area contributed by atoms with Gasteiger partial charge in [0.25, 0.3) is 0 Å². The van der Waals surface area contributed by atoms with Gasteiger partial charge in [0.15, 0.2) is 5.78 Å². The zero-order valence-corrected chi connectivity index (χ0v) is 17.0. The average molecular weight is 413 g/mol. The van der Waals surface area contributed by atoms with Crippen LogP contribution in [0.5, 0.6) is 5.75 Å². The van der Waals surface area contributed by atoms with Gasteiger partial charge in [-0.2, -0.15) is 13.2 Å². The first-order valence-electron chi connectivity index (χ1n) is 9.71. The van der Waals surface area contributed by atoms with E-state index in [9.17, 15) is 22.8 Å². The predicted molar refractivity (Wildman–Crippen MR) is 99.9 cm³/mol. The van der Waals surface area contributed by atoms with E-state index in [4.69, 9.17) is 9.47 Å². The molecule has 0 N–H and O–H groups in total. The lowest BCUT2D eigenvalue weighted by atomic mass is 9.84. The van der Waals surface area contributed by atoms with Crippen LogP contribution >= 0.6 is 0 Å². The molecule has 1 amide bonds. The Morgan fingerprint density at radius 1 is 1.07 bits per heavy atom. The van der Waals surface area contributed by atoms with Crippen LogP contribution in [-0.2, 0) is 10.9 Å². The van der Waals surface area contributed by atoms with Gasteiger partial charge in [0.05, 0.1) is 12.7 Å². The summed E-state index contributed by atoms with van der Waals surface area (Å²) in [6.45, 7) is 5.42. The topological polar surface area (TPSA) is 55.8 Å². The van der Waals surface area contributed by atoms with Gasteiger partial charge >= 0.3 is 12.3 Å². The van der Waals surface area contributed by atoms with E-state index in [0.29, 0.717) is 12.8 Å². The molecule has 2 aliphatic heterocycles. The number of ketones is 1. The molecular formula is C21H26F3NO4. The summed E-state index contributed by atoms with van der Waals surface area (Å²) in [4.78, 5) is 27.3. The smallest absolute Gasteiger partial charge is 0.419 e. The first-order valence-corrected chi connectivity index (χ1v) is 9.71. The van der Waals surface area contributed by atoms with Gasteiger partial charge in [-0.05, 0) is 58.6 Å². The zero-order chi connectivity index (χ0) is 21.6. The maximum Gasteiger partial charge on any atom is 0.419 e. The Bertz CT molecular complexity index is 786. The summed E-state index contributed by atoms with van der Waals surface area (Å²) in [6.07, 6.45) is -2.36. The molecule has 0 radical (unpaired) electrons. The number of ether oxygens (including phenoxy) is 2. The largest absolute Gasteiger partial charge is 0.496 e. The summed E-state index contributed by atoms with van der Waals surface area (Å²) in [7, 11) is 1.15. The lowest BCUT2D eigenvalue weighted by molar-refractivity contribution is -0.138. The number of hydrogen-bond acceptors (Lipinski definition) is 4. The van der Waals surface area contributed by atoms with Gasteiger partial charge in [0.2, 0.25) is 0 Å². The number of Topliss-reactive ketones (excluding diaryl/α,β-unsaturated/α-hetero) is 1. The summed E-state index contributed by atoms with van der Waals surface area (Å²) < 4.78 is 49.5. The van der Waals surface area contributed by atoms with Gasteiger partial charge in [-0.1, -0.05) is 6.07 Å². The molecule has 2 saturated heterocycles. The number of nitrogens with zero attached hydrogens (tertiary/aromatic N) is 1. The van der Waals surface area contributed by atoms with Crippen LogP contribution in [0.15, 0.2) is 18.2 Å². The highest BCUT2D eigenvalue weighted by Gasteiger charge is 2.46. The molecular weight excluding hydrogens is 387 g/mol. The lowest BCUT2D eigenvalue weighted by Crippen LogP contribution is -2.49. The molecule has 0 aromatic heterocycles. The third kappa shape index (κ3) is 4.51. The van der Waals surface area contributed by atoms with Crippen LogP contribution in [-0.4, -0.2) is 41.6 Å². The standard InChI is InChI=1S/C21H26F3NO4/c1-20(2,3)29-19(27)25-14-6-7-15(25)10-13(9-14)18(26)12-5-8-16(21(22,23)24)17(11-12)28-4/h5,8,11,13-15H,6-7,9-10H2,1-4H3. The van der Waals surface area contributed by atoms with Gasteiger partial charge in [0.1, 0.15) is 11.4 Å². The Balaban J connectivity index is 1.76. The van der Waals surface area contributed by atoms with Crippen molar-refractivity contribution in [2.45, 2.75) is 70.3 Å². The van der Waals surface area contributed by atoms with Crippen LogP contribution in [0.1, 0.15) is 62.4 Å². The maximum atomic E-state index is 13.1. The molecule has 1 aromatic carbocycles. The number of methoxy groups -OCH3 is 1. The van der Waals surface area contributed by atoms with Crippen LogP contribution in [0.25, 0.3) is 0 Å². The van der Waals surface area contributed by atoms with E-state index in [1.54, 1.807) is 25.7 Å². The molecule has 2 bridgehead atoms. The number of piperidine rings is 1. The molecule has 2 atom stereocenters. The molecule has 2 aliphatic rings. The van der Waals surface area contributed by atoms with Crippen molar-refractivity contribution in [3.8, 4) is 5.75 Å². The van der Waals surface area contributed by atoms with E-state index < -0.39 is 17.3 Å². The van der Waals surface area contributed by atoms with E-state index in [1.807, 2.05) is 0 Å². The van der Waals surface area contributed by atoms with E-state index in [-0.39, 0.29) is 41.2 Å². The second-order valence-electron chi connectivity index (χ2n) is 8.72. The number of carbonyl (C=O) groups is 2. The van der Waals surface area contributed by atoms with Crippen molar-refractivity contribution >= 4 is 11.9 Å². The second kappa shape index (κ2) is 7.54. The van der Waals surface area contributed by atoms with E-state index in [2.05, 4.69) is 0 Å². The molecule has 2 unspecified atom stereocenters. The van der Waals surface area contributed by atoms with Crippen LogP contribution in [0.3, 0.4) is 0 Å². The first-order chi connectivity index (χ1) is 13.4. The highest BCUT2D eigenvalue weighted by atomic mass is 19.4. The van der Waals surface area contributed by atoms with Crippen LogP contribution in [0.4, 0.5) is 18.0 Å². The number of fused-ring (bicyclic) bond motifs is 2. The molecule has 1 aromatic rings. The quantitative estimate of drug-likeness (QED) is 0.649. The van der Waals surface area contributed by atoms with Gasteiger partial charge in [0, 0.05) is 23.6 Å². The van der Waals surface area contributed by atoms with Gasteiger partial charge in [-0.15, -0.1) is 0 Å². The second-order valence-corrected chi connectivity index (χ2v) is 8.72. The molecule has 160 valence electrons. The molecule has 2 fully saturated rings. The molecule has 0 spiro atoms. The number of amides is 1. The Labute approximate surface area is 168 Å². The Morgan fingerprint density at radius 2 is 1.66 bits per heavy atom. The van der Waals surface area contributed by atoms with Crippen molar-refractivity contribution in [2.24, 2.45) is 5.92 Å². The van der Waals surface area contributed by atoms with Crippen LogP contribution in [0.2, 0.25) is 0 Å². The minimum Gasteiger partial charge on any atom is -0.496 e. The fourth-order valence-corrected chi connectivity index (χ4v) is 4.32. The highest BCUT2D eigenvalue weighted by Crippen LogP contribution is 2.42. The third-order valence-electron chi connectivity index (χ3n) is 5.50. The Morgan fingerprint density at radius 3 is 2.14 bits per heavy atom. The predicted octanol–water partition coefficient (Wildman–Crippen LogP) is 5.07. The Hall–Kier alpha value is -2.25. The van der Waals surface area contributed by atoms with E-state index in [1.165, 1.54) is 6.07 Å². The summed E-state index contributed by atoms with van der Waals surface area (Å²) in [5.41, 5.74) is -1.30. The summed E-state index contributed by atoms with van der Waals surface area (Å²) in [5.74, 6) is -0.914. The molecule has 29 heavy (non-hydrogen) atoms. The van der Waals surface area contributed by atoms with Gasteiger partial charge < -0.3 is 14.4 Å². The average Bonchev–Trinajstić information content (AvgIpc) is 2.88. The fourth-order valence-electron chi connectivity index (χ4n) is 4.32. The number of benzene rings is 1. The minimum absolute atomic E-state index is 0.0890. The van der Waals surface area contributed by atoms with Crippen molar-refractivity contribution in [3.05, 3.63) is 29.3 Å². The van der Waals surface area contributed by atoms with Gasteiger partial charge in [-0.25, -0.2) is 4.79 Å². The van der Waals surface area contributed by atoms with Gasteiger partial charge in [-0.3, -0.25) is 4.79 Å². The molecule has 5 nitrogen and oxygen atoms in total. The number of rotatable bonds is 3. The summed E-state index contributed by atoms with van der Waals surface area (Å²) in [5, 5.41) is 0. The van der Waals surface area contributed by atoms with E-state index in [0.717, 1.165) is 32.1 Å². The molecule has 8 heteroatoms. The molecule has 0 aliphatic carbocycles. The summed E-state index contributed by atoms with van der Waals surface area (Å²) >= 11 is 0. The van der Waals surface area contributed by atoms with Crippen molar-refractivity contribution < 1.29 is 32.2 Å². The normalized spacial score (nSPS) is 24.4. The van der Waals surface area contributed by atoms with Crippen LogP contribution in [0, 0.1) is 5.92 Å². The van der Waals surface area contributed by atoms with E-state index >= 15 is 0 Å². The minimum atomic E-state index is -4.55. The first kappa shape index (κ1) is 21.5. The number of alkyl halides is 3. The molecule has 3 rings (SSSR count). The Kier molecular flexibility index (Phi) is 5.58. The summed E-state index contributed by atoms with van der Waals surface area (Å²) in [6, 6.07) is 3.07. The zero-order valence-electron chi connectivity index (χ0n) is 17.0. The highest BCUT2D eigenvalue weighted by molar-refractivity contribution is 5.98. The third-order valence-corrected chi connectivity index (χ3v) is 5.50. The number of halogens is 3. The SMILES string of the molecule is COc1cc(C(=O)C2CC3CCC(C2)N3C(=O)OC(C)(C)C)ccc1C(F)(F)F. The molecule has 2 heterocycles. The number of carbonyl (C=O) groups excluding carboxylic acids is 2.